The Bertz CT molecular complexity index is 2770. The second kappa shape index (κ2) is 26.5. The van der Waals surface area contributed by atoms with Gasteiger partial charge in [0.1, 0.15) is 24.2 Å². The molecule has 0 aromatic heterocycles. The van der Waals surface area contributed by atoms with Gasteiger partial charge in [0, 0.05) is 36.8 Å². The summed E-state index contributed by atoms with van der Waals surface area (Å²) >= 11 is 0. The quantitative estimate of drug-likeness (QED) is 0.0766. The predicted molar refractivity (Wildman–Crippen MR) is 313 cm³/mol. The Balaban J connectivity index is 1.04. The molecular formula is C62H85N9O7Si. The van der Waals surface area contributed by atoms with E-state index in [0.29, 0.717) is 24.2 Å². The van der Waals surface area contributed by atoms with Crippen LogP contribution < -0.4 is 37.2 Å². The lowest BCUT2D eigenvalue weighted by Crippen LogP contribution is -2.60. The van der Waals surface area contributed by atoms with Crippen molar-refractivity contribution in [1.29, 1.82) is 0 Å². The van der Waals surface area contributed by atoms with Gasteiger partial charge in [-0.2, -0.15) is 0 Å². The van der Waals surface area contributed by atoms with Crippen LogP contribution in [0.25, 0.3) is 11.1 Å². The molecule has 3 aromatic rings. The Morgan fingerprint density at radius 3 is 2.01 bits per heavy atom. The fourth-order valence-electron chi connectivity index (χ4n) is 11.3. The lowest BCUT2D eigenvalue weighted by Gasteiger charge is -2.36. The molecule has 9 atom stereocenters. The van der Waals surface area contributed by atoms with Crippen molar-refractivity contribution in [3.8, 4) is 11.1 Å². The molecule has 7 amide bonds. The fraction of sp³-hybridized carbons (Fsp3) is 0.500. The Morgan fingerprint density at radius 2 is 1.34 bits per heavy atom. The van der Waals surface area contributed by atoms with E-state index in [1.165, 1.54) is 10.5 Å². The second-order valence-electron chi connectivity index (χ2n) is 24.1. The Labute approximate surface area is 468 Å². The van der Waals surface area contributed by atoms with Crippen molar-refractivity contribution >= 4 is 49.4 Å². The van der Waals surface area contributed by atoms with E-state index in [2.05, 4.69) is 69.0 Å². The summed E-state index contributed by atoms with van der Waals surface area (Å²) in [6.07, 6.45) is 14.6. The summed E-state index contributed by atoms with van der Waals surface area (Å²) in [7, 11) is 1.36. The van der Waals surface area contributed by atoms with Crippen molar-refractivity contribution in [2.24, 2.45) is 5.41 Å². The molecule has 4 aliphatic rings. The minimum atomic E-state index is -2.00. The molecule has 16 nitrogen and oxygen atoms in total. The number of fused-ring (bicyclic) bond motifs is 1. The number of allylic oxidation sites excluding steroid dienone is 4. The highest BCUT2D eigenvalue weighted by molar-refractivity contribution is 6.79. The van der Waals surface area contributed by atoms with Gasteiger partial charge < -0.3 is 47.0 Å². The van der Waals surface area contributed by atoms with Crippen LogP contribution in [0, 0.1) is 5.41 Å². The Kier molecular flexibility index (Phi) is 20.1. The summed E-state index contributed by atoms with van der Waals surface area (Å²) in [6.45, 7) is 17.7. The van der Waals surface area contributed by atoms with Crippen LogP contribution in [0.5, 0.6) is 0 Å². The number of aryl methyl sites for hydroxylation is 1. The van der Waals surface area contributed by atoms with E-state index in [4.69, 9.17) is 0 Å². The van der Waals surface area contributed by atoms with Gasteiger partial charge in [-0.1, -0.05) is 131 Å². The van der Waals surface area contributed by atoms with Crippen molar-refractivity contribution in [2.45, 2.75) is 166 Å². The average molecular weight is 1100 g/mol. The van der Waals surface area contributed by atoms with Crippen molar-refractivity contribution < 1.29 is 33.6 Å². The molecular weight excluding hydrogens is 1010 g/mol. The summed E-state index contributed by atoms with van der Waals surface area (Å²) in [5.41, 5.74) is 5.62. The molecule has 1 unspecified atom stereocenters. The Morgan fingerprint density at radius 1 is 0.709 bits per heavy atom. The van der Waals surface area contributed by atoms with Gasteiger partial charge in [-0.05, 0) is 131 Å². The zero-order valence-electron chi connectivity index (χ0n) is 47.9. The maximum absolute atomic E-state index is 14.8. The van der Waals surface area contributed by atoms with Crippen molar-refractivity contribution in [1.82, 2.24) is 47.0 Å². The first-order valence-corrected chi connectivity index (χ1v) is 31.7. The number of carbonyl (C=O) groups excluding carboxylic acids is 7. The molecule has 0 radical (unpaired) electrons. The van der Waals surface area contributed by atoms with Crippen LogP contribution >= 0.6 is 0 Å². The second-order valence-corrected chi connectivity index (χ2v) is 29.1. The predicted octanol–water partition coefficient (Wildman–Crippen LogP) is 6.21. The monoisotopic (exact) mass is 1100 g/mol. The number of nitrogens with zero attached hydrogens (tertiary/aromatic N) is 2. The third-order valence-electron chi connectivity index (χ3n) is 16.2. The minimum Gasteiger partial charge on any atom is -0.351 e. The summed E-state index contributed by atoms with van der Waals surface area (Å²) in [5, 5.41) is 21.5. The number of carbonyl (C=O) groups is 7. The van der Waals surface area contributed by atoms with Gasteiger partial charge in [0.05, 0.1) is 26.2 Å². The summed E-state index contributed by atoms with van der Waals surface area (Å²) < 4.78 is 0. The van der Waals surface area contributed by atoms with Gasteiger partial charge in [0.25, 0.3) is 5.91 Å². The maximum atomic E-state index is 14.8. The standard InChI is InChI=1S/C62H85N9O7Si/c1-39-18-12-11-13-22-47(23-16-19-39)65-58(75)52-35-48(36-70(52)61(78)54(62(4,5)6)69-56(73)41(3)64-8)66-57(74)46-32-30-44(31-33-46)43-28-26-42(27-29-43)34-51(68-55(72)40(2)63-7)60(77)71-38-79(9,10)37-53(71)59(76)67-50-25-17-21-45-20-14-15-24-49(45)50/h11-15,18,20,24,26-33,40-41,47-48,50-54,63-64H,1,16-17,19,21-23,25,34-38H2,2-10H3,(H,65,75)(H,66,74)(H,67,76)(H,68,72)(H,69,73)/b13-11-,18-12-/t40-,41-,47-,48-,50+,51-,52-,53-,54?/m0/s1. The minimum absolute atomic E-state index is 0.0699. The zero-order valence-corrected chi connectivity index (χ0v) is 48.9. The highest BCUT2D eigenvalue weighted by Gasteiger charge is 2.48. The molecule has 2 fully saturated rings. The van der Waals surface area contributed by atoms with Crippen molar-refractivity contribution in [2.75, 3.05) is 26.8 Å². The average Bonchev–Trinajstić information content (AvgIpc) is 4.12. The van der Waals surface area contributed by atoms with Gasteiger partial charge in [-0.3, -0.25) is 33.6 Å². The third-order valence-corrected chi connectivity index (χ3v) is 18.8. The molecule has 2 aliphatic heterocycles. The van der Waals surface area contributed by atoms with Crippen molar-refractivity contribution in [3.05, 3.63) is 132 Å². The van der Waals surface area contributed by atoms with Crippen LogP contribution in [0.2, 0.25) is 19.1 Å². The largest absolute Gasteiger partial charge is 0.351 e. The lowest BCUT2D eigenvalue weighted by atomic mass is 9.85. The number of hydrogen-bond donors (Lipinski definition) is 7. The molecule has 0 saturated carbocycles. The lowest BCUT2D eigenvalue weighted by molar-refractivity contribution is -0.144. The van der Waals surface area contributed by atoms with E-state index in [1.807, 2.05) is 93.6 Å². The van der Waals surface area contributed by atoms with Gasteiger partial charge in [-0.25, -0.2) is 0 Å². The maximum Gasteiger partial charge on any atom is 0.251 e. The molecule has 79 heavy (non-hydrogen) atoms. The normalized spacial score (nSPS) is 23.4. The number of nitrogens with one attached hydrogen (secondary N) is 7. The van der Waals surface area contributed by atoms with Gasteiger partial charge in [-0.15, -0.1) is 0 Å². The number of amides is 7. The molecule has 0 spiro atoms. The van der Waals surface area contributed by atoms with E-state index in [1.54, 1.807) is 45.0 Å². The van der Waals surface area contributed by atoms with Crippen LogP contribution in [-0.2, 0) is 41.6 Å². The summed E-state index contributed by atoms with van der Waals surface area (Å²) in [4.78, 5) is 102. The van der Waals surface area contributed by atoms with E-state index in [9.17, 15) is 33.6 Å². The molecule has 3 aromatic carbocycles. The summed E-state index contributed by atoms with van der Waals surface area (Å²) in [5.74, 6) is -2.15. The highest BCUT2D eigenvalue weighted by atomic mass is 28.3. The first-order chi connectivity index (χ1) is 37.5. The van der Waals surface area contributed by atoms with Crippen LogP contribution in [0.1, 0.15) is 113 Å². The van der Waals surface area contributed by atoms with Gasteiger partial charge >= 0.3 is 0 Å². The highest BCUT2D eigenvalue weighted by Crippen LogP contribution is 2.33. The number of rotatable bonds is 17. The third kappa shape index (κ3) is 15.6. The first-order valence-electron chi connectivity index (χ1n) is 28.3. The Hall–Kier alpha value is -6.69. The van der Waals surface area contributed by atoms with Gasteiger partial charge in [0.15, 0.2) is 0 Å². The number of hydrogen-bond acceptors (Lipinski definition) is 9. The van der Waals surface area contributed by atoms with E-state index in [-0.39, 0.29) is 66.9 Å². The van der Waals surface area contributed by atoms with E-state index < -0.39 is 61.7 Å². The van der Waals surface area contributed by atoms with Crippen molar-refractivity contribution in [3.63, 3.8) is 0 Å². The first kappa shape index (κ1) is 60.0. The van der Waals surface area contributed by atoms with Crippen LogP contribution in [-0.4, -0.2) is 134 Å². The molecule has 2 heterocycles. The van der Waals surface area contributed by atoms with Gasteiger partial charge in [0.2, 0.25) is 35.4 Å². The molecule has 7 rings (SSSR count). The molecule has 424 valence electrons. The molecule has 0 bridgehead atoms. The summed E-state index contributed by atoms with van der Waals surface area (Å²) in [6, 6.07) is 18.4. The van der Waals surface area contributed by atoms with Crippen LogP contribution in [0.4, 0.5) is 0 Å². The molecule has 2 saturated heterocycles. The number of likely N-dealkylation sites (tertiary alicyclic amines) is 1. The zero-order chi connectivity index (χ0) is 57.2. The SMILES string of the molecule is C=C1/C=C\C=C/C[C@H](NC(=O)[C@@H]2C[C@H](NC(=O)c3ccc(-c4ccc(C[C@H](NC(=O)[C@H](C)NC)C(=O)N5C[Si](C)(C)C[C@H]5C(=O)N[C@@H]5CCCc6ccccc65)cc4)cc3)CN2C(=O)C(NC(=O)[C@H](C)NC)C(C)(C)C)CCC1. The number of likely N-dealkylation sites (N-methyl/N-ethyl adjacent to an activating group) is 2. The molecule has 17 heteroatoms. The molecule has 2 aliphatic carbocycles. The van der Waals surface area contributed by atoms with E-state index >= 15 is 0 Å². The fourth-order valence-corrected chi connectivity index (χ4v) is 14.1. The smallest absolute Gasteiger partial charge is 0.251 e. The number of benzene rings is 3. The van der Waals surface area contributed by atoms with Crippen LogP contribution in [0.15, 0.2) is 109 Å². The topological polar surface area (TPSA) is 210 Å². The molecule has 7 N–H and O–H groups in total. The van der Waals surface area contributed by atoms with E-state index in [0.717, 1.165) is 66.4 Å². The van der Waals surface area contributed by atoms with Crippen LogP contribution in [0.3, 0.4) is 0 Å².